The van der Waals surface area contributed by atoms with Crippen molar-refractivity contribution in [3.63, 3.8) is 0 Å². The van der Waals surface area contributed by atoms with Crippen LogP contribution in [0, 0.1) is 0 Å². The Balaban J connectivity index is 2.45. The van der Waals surface area contributed by atoms with Crippen LogP contribution in [0.15, 0.2) is 0 Å². The molecular formula is C15H24N4OS. The molecule has 2 N–H and O–H groups in total. The molecule has 0 amide bonds. The summed E-state index contributed by atoms with van der Waals surface area (Å²) in [7, 11) is 1.76. The maximum Gasteiger partial charge on any atom is 0.161 e. The lowest BCUT2D eigenvalue weighted by atomic mass is 10.0. The fourth-order valence-corrected chi connectivity index (χ4v) is 3.18. The van der Waals surface area contributed by atoms with Crippen LogP contribution in [0.2, 0.25) is 0 Å². The number of piperidine rings is 1. The largest absolute Gasteiger partial charge is 0.389 e. The van der Waals surface area contributed by atoms with Crippen LogP contribution >= 0.6 is 12.2 Å². The molecule has 0 radical (unpaired) electrons. The molecule has 2 rings (SSSR count). The van der Waals surface area contributed by atoms with Gasteiger partial charge in [0.2, 0.25) is 0 Å². The molecule has 1 unspecified atom stereocenters. The lowest BCUT2D eigenvalue weighted by molar-refractivity contribution is 0.0891. The highest BCUT2D eigenvalue weighted by Gasteiger charge is 2.26. The van der Waals surface area contributed by atoms with Gasteiger partial charge in [0.1, 0.15) is 4.99 Å². The van der Waals surface area contributed by atoms with Gasteiger partial charge in [0.05, 0.1) is 17.4 Å². The monoisotopic (exact) mass is 308 g/mol. The van der Waals surface area contributed by atoms with Crippen LogP contribution in [0.5, 0.6) is 0 Å². The SMILES string of the molecule is CCc1nnc(N2CCCC(OC)C2)c(C(N)=S)c1CC. The molecule has 1 atom stereocenters. The minimum absolute atomic E-state index is 0.232. The molecule has 1 aliphatic rings. The number of aryl methyl sites for hydroxylation is 1. The van der Waals surface area contributed by atoms with Gasteiger partial charge < -0.3 is 15.4 Å². The zero-order valence-corrected chi connectivity index (χ0v) is 13.9. The zero-order chi connectivity index (χ0) is 15.4. The molecule has 1 saturated heterocycles. The summed E-state index contributed by atoms with van der Waals surface area (Å²) in [5, 5.41) is 8.81. The van der Waals surface area contributed by atoms with Gasteiger partial charge in [-0.05, 0) is 31.2 Å². The maximum absolute atomic E-state index is 5.99. The van der Waals surface area contributed by atoms with E-state index in [9.17, 15) is 0 Å². The Morgan fingerprint density at radius 2 is 2.14 bits per heavy atom. The number of hydrogen-bond donors (Lipinski definition) is 1. The molecule has 0 spiro atoms. The summed E-state index contributed by atoms with van der Waals surface area (Å²) in [6.07, 6.45) is 4.09. The zero-order valence-electron chi connectivity index (χ0n) is 13.1. The number of nitrogens with zero attached hydrogens (tertiary/aromatic N) is 3. The molecule has 1 aromatic rings. The van der Waals surface area contributed by atoms with Crippen LogP contribution in [0.25, 0.3) is 0 Å². The highest BCUT2D eigenvalue weighted by Crippen LogP contribution is 2.27. The van der Waals surface area contributed by atoms with Gasteiger partial charge in [0.25, 0.3) is 0 Å². The van der Waals surface area contributed by atoms with Crippen LogP contribution in [0.3, 0.4) is 0 Å². The second-order valence-corrected chi connectivity index (χ2v) is 5.78. The van der Waals surface area contributed by atoms with E-state index in [0.717, 1.165) is 61.4 Å². The first-order valence-corrected chi connectivity index (χ1v) is 7.99. The predicted molar refractivity (Wildman–Crippen MR) is 88.9 cm³/mol. The smallest absolute Gasteiger partial charge is 0.161 e. The summed E-state index contributed by atoms with van der Waals surface area (Å²) in [6.45, 7) is 5.94. The second kappa shape index (κ2) is 7.13. The number of rotatable bonds is 5. The van der Waals surface area contributed by atoms with Gasteiger partial charge in [0.15, 0.2) is 5.82 Å². The van der Waals surface area contributed by atoms with Crippen molar-refractivity contribution in [1.82, 2.24) is 10.2 Å². The van der Waals surface area contributed by atoms with Gasteiger partial charge >= 0.3 is 0 Å². The van der Waals surface area contributed by atoms with Crippen LogP contribution < -0.4 is 10.6 Å². The number of ether oxygens (including phenoxy) is 1. The van der Waals surface area contributed by atoms with Crippen molar-refractivity contribution < 1.29 is 4.74 Å². The lowest BCUT2D eigenvalue weighted by Gasteiger charge is -2.34. The van der Waals surface area contributed by atoms with Gasteiger partial charge in [-0.1, -0.05) is 26.1 Å². The van der Waals surface area contributed by atoms with Crippen LogP contribution in [-0.4, -0.2) is 41.5 Å². The first-order chi connectivity index (χ1) is 10.1. The van der Waals surface area contributed by atoms with Gasteiger partial charge in [0, 0.05) is 20.2 Å². The number of aromatic nitrogens is 2. The molecule has 0 saturated carbocycles. The van der Waals surface area contributed by atoms with Crippen LogP contribution in [0.4, 0.5) is 5.82 Å². The van der Waals surface area contributed by atoms with E-state index in [0.29, 0.717) is 4.99 Å². The van der Waals surface area contributed by atoms with E-state index >= 15 is 0 Å². The molecule has 5 nitrogen and oxygen atoms in total. The van der Waals surface area contributed by atoms with Gasteiger partial charge in [-0.3, -0.25) is 0 Å². The molecule has 116 valence electrons. The predicted octanol–water partition coefficient (Wildman–Crippen LogP) is 1.85. The van der Waals surface area contributed by atoms with Crippen molar-refractivity contribution in [3.05, 3.63) is 16.8 Å². The fourth-order valence-electron chi connectivity index (χ4n) is 2.97. The van der Waals surface area contributed by atoms with Crippen molar-refractivity contribution in [2.75, 3.05) is 25.1 Å². The number of methoxy groups -OCH3 is 1. The Bertz CT molecular complexity index is 521. The Labute approximate surface area is 131 Å². The third-order valence-electron chi connectivity index (χ3n) is 4.09. The van der Waals surface area contributed by atoms with Crippen LogP contribution in [-0.2, 0) is 17.6 Å². The summed E-state index contributed by atoms with van der Waals surface area (Å²) in [6, 6.07) is 0. The number of thiocarbonyl (C=S) groups is 1. The van der Waals surface area contributed by atoms with Crippen molar-refractivity contribution in [2.24, 2.45) is 5.73 Å². The third-order valence-corrected chi connectivity index (χ3v) is 4.29. The van der Waals surface area contributed by atoms with E-state index in [1.807, 2.05) is 0 Å². The molecule has 1 aliphatic heterocycles. The van der Waals surface area contributed by atoms with Crippen molar-refractivity contribution in [2.45, 2.75) is 45.6 Å². The van der Waals surface area contributed by atoms with E-state index in [1.54, 1.807) is 7.11 Å². The molecule has 21 heavy (non-hydrogen) atoms. The lowest BCUT2D eigenvalue weighted by Crippen LogP contribution is -2.41. The molecule has 6 heteroatoms. The second-order valence-electron chi connectivity index (χ2n) is 5.34. The van der Waals surface area contributed by atoms with Crippen molar-refractivity contribution in [3.8, 4) is 0 Å². The molecular weight excluding hydrogens is 284 g/mol. The van der Waals surface area contributed by atoms with Crippen molar-refractivity contribution in [1.29, 1.82) is 0 Å². The van der Waals surface area contributed by atoms with E-state index in [1.165, 1.54) is 0 Å². The van der Waals surface area contributed by atoms with Gasteiger partial charge in [-0.2, -0.15) is 5.10 Å². The number of nitrogens with two attached hydrogens (primary N) is 1. The molecule has 0 aromatic carbocycles. The van der Waals surface area contributed by atoms with Crippen molar-refractivity contribution >= 4 is 23.0 Å². The quantitative estimate of drug-likeness (QED) is 0.838. The maximum atomic E-state index is 5.99. The van der Waals surface area contributed by atoms with E-state index in [-0.39, 0.29) is 6.10 Å². The Morgan fingerprint density at radius 3 is 2.71 bits per heavy atom. The normalized spacial score (nSPS) is 18.8. The fraction of sp³-hybridized carbons (Fsp3) is 0.667. The minimum Gasteiger partial charge on any atom is -0.389 e. The molecule has 0 aliphatic carbocycles. The third kappa shape index (κ3) is 3.32. The molecule has 2 heterocycles. The summed E-state index contributed by atoms with van der Waals surface area (Å²) in [5.41, 5.74) is 9.02. The molecule has 1 fully saturated rings. The average Bonchev–Trinajstić information content (AvgIpc) is 2.53. The summed E-state index contributed by atoms with van der Waals surface area (Å²) in [5.74, 6) is 0.818. The van der Waals surface area contributed by atoms with Gasteiger partial charge in [-0.25, -0.2) is 0 Å². The standard InChI is InChI=1S/C15H24N4OS/c1-4-11-12(5-2)17-18-15(13(11)14(16)21)19-8-6-7-10(9-19)20-3/h10H,4-9H2,1-3H3,(H2,16,21). The molecule has 1 aromatic heterocycles. The highest BCUT2D eigenvalue weighted by molar-refractivity contribution is 7.80. The minimum atomic E-state index is 0.232. The average molecular weight is 308 g/mol. The number of anilines is 1. The molecule has 0 bridgehead atoms. The summed E-state index contributed by atoms with van der Waals surface area (Å²) >= 11 is 5.29. The van der Waals surface area contributed by atoms with Gasteiger partial charge in [-0.15, -0.1) is 5.10 Å². The van der Waals surface area contributed by atoms with E-state index in [4.69, 9.17) is 22.7 Å². The summed E-state index contributed by atoms with van der Waals surface area (Å²) in [4.78, 5) is 2.61. The number of hydrogen-bond acceptors (Lipinski definition) is 5. The Kier molecular flexibility index (Phi) is 5.47. The highest BCUT2D eigenvalue weighted by atomic mass is 32.1. The van der Waals surface area contributed by atoms with E-state index < -0.39 is 0 Å². The topological polar surface area (TPSA) is 64.3 Å². The van der Waals surface area contributed by atoms with Crippen LogP contribution in [0.1, 0.15) is 43.5 Å². The van der Waals surface area contributed by atoms with E-state index in [2.05, 4.69) is 28.9 Å². The first kappa shape index (κ1) is 16.1. The Morgan fingerprint density at radius 1 is 1.38 bits per heavy atom. The first-order valence-electron chi connectivity index (χ1n) is 7.58. The summed E-state index contributed by atoms with van der Waals surface area (Å²) < 4.78 is 5.49. The Hall–Kier alpha value is -1.27.